The molecule has 47 heavy (non-hydrogen) atoms. The lowest BCUT2D eigenvalue weighted by Gasteiger charge is -2.29. The molecule has 0 aliphatic carbocycles. The second kappa shape index (κ2) is 17.1. The lowest BCUT2D eigenvalue weighted by molar-refractivity contribution is -0.143. The van der Waals surface area contributed by atoms with Gasteiger partial charge in [0.15, 0.2) is 0 Å². The predicted octanol–water partition coefficient (Wildman–Crippen LogP) is 0.556. The first kappa shape index (κ1) is 36.5. The molecule has 14 nitrogen and oxygen atoms in total. The molecule has 2 aromatic carbocycles. The Balaban J connectivity index is 1.75. The maximum atomic E-state index is 13.7. The molecule has 2 aromatic rings. The van der Waals surface area contributed by atoms with Crippen LogP contribution in [0.2, 0.25) is 0 Å². The van der Waals surface area contributed by atoms with Crippen molar-refractivity contribution in [1.82, 2.24) is 20.9 Å². The summed E-state index contributed by atoms with van der Waals surface area (Å²) in [4.78, 5) is 77.8. The molecular weight excluding hydrogens is 610 g/mol. The molecule has 8 N–H and O–H groups in total. The third kappa shape index (κ3) is 10.8. The van der Waals surface area contributed by atoms with Gasteiger partial charge in [-0.3, -0.25) is 24.0 Å². The predicted molar refractivity (Wildman–Crippen MR) is 170 cm³/mol. The average molecular weight is 654 g/mol. The summed E-state index contributed by atoms with van der Waals surface area (Å²) in [7, 11) is 0. The zero-order valence-electron chi connectivity index (χ0n) is 26.4. The molecule has 3 rings (SSSR count). The van der Waals surface area contributed by atoms with E-state index in [1.165, 1.54) is 17.0 Å². The number of carbonyl (C=O) groups is 6. The minimum absolute atomic E-state index is 0.0578. The highest BCUT2D eigenvalue weighted by Crippen LogP contribution is 2.20. The van der Waals surface area contributed by atoms with Crippen molar-refractivity contribution in [2.24, 2.45) is 11.7 Å². The first-order valence-electron chi connectivity index (χ1n) is 15.5. The van der Waals surface area contributed by atoms with E-state index < -0.39 is 78.1 Å². The highest BCUT2D eigenvalue weighted by Gasteiger charge is 2.38. The SMILES string of the molecule is CC(C)[C@H](NC(=O)[C@H](Cc1ccccc1)NC(=O)[C@@H]1CCCN1C(=O)[C@@H](N)Cc1ccc(O)cc1)C(=O)N[C@@H](CCC(=O)O)C(=O)O. The fourth-order valence-electron chi connectivity index (χ4n) is 5.39. The zero-order valence-corrected chi connectivity index (χ0v) is 26.4. The van der Waals surface area contributed by atoms with Crippen LogP contribution in [0.4, 0.5) is 0 Å². The molecule has 1 fully saturated rings. The number of aliphatic carboxylic acids is 2. The number of nitrogens with zero attached hydrogens (tertiary/aromatic N) is 1. The minimum Gasteiger partial charge on any atom is -0.508 e. The van der Waals surface area contributed by atoms with Crippen LogP contribution in [0.25, 0.3) is 0 Å². The number of rotatable bonds is 16. The highest BCUT2D eigenvalue weighted by atomic mass is 16.4. The van der Waals surface area contributed by atoms with Gasteiger partial charge in [-0.2, -0.15) is 0 Å². The first-order valence-corrected chi connectivity index (χ1v) is 15.5. The third-order valence-corrected chi connectivity index (χ3v) is 7.97. The molecular formula is C33H43N5O9. The second-order valence-corrected chi connectivity index (χ2v) is 12.0. The van der Waals surface area contributed by atoms with Crippen molar-refractivity contribution < 1.29 is 44.1 Å². The molecule has 14 heteroatoms. The van der Waals surface area contributed by atoms with Crippen molar-refractivity contribution in [1.29, 1.82) is 0 Å². The molecule has 0 spiro atoms. The van der Waals surface area contributed by atoms with Gasteiger partial charge in [-0.15, -0.1) is 0 Å². The lowest BCUT2D eigenvalue weighted by atomic mass is 10.00. The summed E-state index contributed by atoms with van der Waals surface area (Å²) in [5, 5.41) is 35.6. The Kier molecular flexibility index (Phi) is 13.3. The van der Waals surface area contributed by atoms with Gasteiger partial charge in [-0.1, -0.05) is 56.3 Å². The number of phenols is 1. The van der Waals surface area contributed by atoms with E-state index in [-0.39, 0.29) is 25.0 Å². The summed E-state index contributed by atoms with van der Waals surface area (Å²) in [6.07, 6.45) is 0.324. The molecule has 4 amide bonds. The largest absolute Gasteiger partial charge is 0.508 e. The standard InChI is InChI=1S/C33H43N5O9/c1-19(2)28(31(44)35-24(33(46)47)14-15-27(40)41)37-29(42)25(18-20-7-4-3-5-8-20)36-30(43)26-9-6-16-38(26)32(45)23(34)17-21-10-12-22(39)13-11-21/h3-5,7-8,10-13,19,23-26,28,39H,6,9,14-18,34H2,1-2H3,(H,35,44)(H,36,43)(H,37,42)(H,40,41)(H,46,47)/t23-,24-,25-,26-,28-/m0/s1. The normalized spacial score (nSPS) is 16.9. The van der Waals surface area contributed by atoms with E-state index in [1.807, 2.05) is 0 Å². The van der Waals surface area contributed by atoms with Crippen LogP contribution in [0.5, 0.6) is 5.75 Å². The quantitative estimate of drug-likeness (QED) is 0.133. The van der Waals surface area contributed by atoms with Crippen LogP contribution in [0.1, 0.15) is 50.7 Å². The van der Waals surface area contributed by atoms with Gasteiger partial charge in [0.2, 0.25) is 23.6 Å². The number of phenolic OH excluding ortho intramolecular Hbond substituents is 1. The maximum absolute atomic E-state index is 13.7. The van der Waals surface area contributed by atoms with Gasteiger partial charge in [0.05, 0.1) is 6.04 Å². The summed E-state index contributed by atoms with van der Waals surface area (Å²) in [6, 6.07) is 9.52. The van der Waals surface area contributed by atoms with E-state index in [2.05, 4.69) is 16.0 Å². The van der Waals surface area contributed by atoms with Gasteiger partial charge >= 0.3 is 11.9 Å². The van der Waals surface area contributed by atoms with Crippen LogP contribution in [-0.2, 0) is 41.6 Å². The summed E-state index contributed by atoms with van der Waals surface area (Å²) in [5.41, 5.74) is 7.68. The molecule has 5 atom stereocenters. The van der Waals surface area contributed by atoms with Gasteiger partial charge in [0, 0.05) is 19.4 Å². The number of aromatic hydroxyl groups is 1. The van der Waals surface area contributed by atoms with Gasteiger partial charge in [-0.25, -0.2) is 4.79 Å². The highest BCUT2D eigenvalue weighted by molar-refractivity contribution is 5.96. The Bertz CT molecular complexity index is 1420. The van der Waals surface area contributed by atoms with Crippen LogP contribution < -0.4 is 21.7 Å². The lowest BCUT2D eigenvalue weighted by Crippen LogP contribution is -2.59. The summed E-state index contributed by atoms with van der Waals surface area (Å²) in [6.45, 7) is 3.59. The number of hydrogen-bond acceptors (Lipinski definition) is 8. The van der Waals surface area contributed by atoms with E-state index in [9.17, 15) is 39.0 Å². The second-order valence-electron chi connectivity index (χ2n) is 12.0. The molecule has 0 saturated carbocycles. The van der Waals surface area contributed by atoms with Crippen molar-refractivity contribution in [3.8, 4) is 5.75 Å². The summed E-state index contributed by atoms with van der Waals surface area (Å²) in [5.74, 6) is -5.55. The Hall–Kier alpha value is -4.98. The number of carboxylic acids is 2. The van der Waals surface area contributed by atoms with E-state index >= 15 is 0 Å². The van der Waals surface area contributed by atoms with Crippen LogP contribution in [-0.4, -0.2) is 92.5 Å². The van der Waals surface area contributed by atoms with E-state index in [4.69, 9.17) is 10.8 Å². The van der Waals surface area contributed by atoms with Crippen LogP contribution in [0.3, 0.4) is 0 Å². The topological polar surface area (TPSA) is 228 Å². The maximum Gasteiger partial charge on any atom is 0.326 e. The molecule has 1 heterocycles. The molecule has 1 aliphatic heterocycles. The number of hydrogen-bond donors (Lipinski definition) is 7. The Labute approximate surface area is 272 Å². The smallest absolute Gasteiger partial charge is 0.326 e. The molecule has 1 aliphatic rings. The monoisotopic (exact) mass is 653 g/mol. The van der Waals surface area contributed by atoms with Crippen LogP contribution in [0.15, 0.2) is 54.6 Å². The molecule has 0 bridgehead atoms. The summed E-state index contributed by atoms with van der Waals surface area (Å²) < 4.78 is 0. The van der Waals surface area contributed by atoms with Crippen molar-refractivity contribution in [3.63, 3.8) is 0 Å². The van der Waals surface area contributed by atoms with Crippen molar-refractivity contribution in [2.45, 2.75) is 82.6 Å². The number of benzene rings is 2. The number of carboxylic acid groups (broad SMARTS) is 2. The zero-order chi connectivity index (χ0) is 34.7. The average Bonchev–Trinajstić information content (AvgIpc) is 3.52. The van der Waals surface area contributed by atoms with Gasteiger partial charge in [0.1, 0.15) is 29.9 Å². The van der Waals surface area contributed by atoms with E-state index in [0.717, 1.165) is 5.56 Å². The number of nitrogens with two attached hydrogens (primary N) is 1. The van der Waals surface area contributed by atoms with Gasteiger partial charge in [-0.05, 0) is 54.9 Å². The van der Waals surface area contributed by atoms with Crippen LogP contribution >= 0.6 is 0 Å². The molecule has 0 unspecified atom stereocenters. The number of amides is 4. The number of likely N-dealkylation sites (tertiary alicyclic amines) is 1. The molecule has 0 radical (unpaired) electrons. The molecule has 0 aromatic heterocycles. The van der Waals surface area contributed by atoms with Crippen molar-refractivity contribution in [2.75, 3.05) is 6.54 Å². The Morgan fingerprint density at radius 3 is 2.09 bits per heavy atom. The number of nitrogens with one attached hydrogen (secondary N) is 3. The van der Waals surface area contributed by atoms with Crippen molar-refractivity contribution in [3.05, 3.63) is 65.7 Å². The van der Waals surface area contributed by atoms with Crippen LogP contribution in [0, 0.1) is 5.92 Å². The van der Waals surface area contributed by atoms with Gasteiger partial charge < -0.3 is 41.9 Å². The van der Waals surface area contributed by atoms with Gasteiger partial charge in [0.25, 0.3) is 0 Å². The Morgan fingerprint density at radius 2 is 1.49 bits per heavy atom. The third-order valence-electron chi connectivity index (χ3n) is 7.97. The molecule has 254 valence electrons. The fourth-order valence-corrected chi connectivity index (χ4v) is 5.39. The minimum atomic E-state index is -1.48. The number of carbonyl (C=O) groups excluding carboxylic acids is 4. The Morgan fingerprint density at radius 1 is 0.851 bits per heavy atom. The fraction of sp³-hybridized carbons (Fsp3) is 0.455. The van der Waals surface area contributed by atoms with E-state index in [1.54, 1.807) is 56.3 Å². The first-order chi connectivity index (χ1) is 22.3. The molecule has 1 saturated heterocycles. The van der Waals surface area contributed by atoms with E-state index in [0.29, 0.717) is 24.9 Å². The van der Waals surface area contributed by atoms with Crippen molar-refractivity contribution >= 4 is 35.6 Å². The summed E-state index contributed by atoms with van der Waals surface area (Å²) >= 11 is 0.